The molecule has 2 aromatic rings. The average Bonchev–Trinajstić information content (AvgIpc) is 2.75. The molecule has 0 saturated heterocycles. The van der Waals surface area contributed by atoms with Crippen LogP contribution in [0.3, 0.4) is 0 Å². The number of hydrogen-bond acceptors (Lipinski definition) is 2. The Labute approximate surface area is 187 Å². The zero-order valence-electron chi connectivity index (χ0n) is 18.5. The lowest BCUT2D eigenvalue weighted by Crippen LogP contribution is -2.42. The molecule has 0 heterocycles. The van der Waals surface area contributed by atoms with Gasteiger partial charge in [0.1, 0.15) is 0 Å². The quantitative estimate of drug-likeness (QED) is 0.388. The highest BCUT2D eigenvalue weighted by Gasteiger charge is 2.44. The van der Waals surface area contributed by atoms with Crippen LogP contribution in [0.5, 0.6) is 0 Å². The molecule has 0 amide bonds. The molecule has 160 valence electrons. The van der Waals surface area contributed by atoms with Gasteiger partial charge in [0.05, 0.1) is 11.5 Å². The third-order valence-corrected chi connectivity index (χ3v) is 7.48. The predicted octanol–water partition coefficient (Wildman–Crippen LogP) is 7.02. The van der Waals surface area contributed by atoms with E-state index in [1.165, 1.54) is 12.0 Å². The van der Waals surface area contributed by atoms with Crippen molar-refractivity contribution in [3.63, 3.8) is 0 Å². The van der Waals surface area contributed by atoms with Gasteiger partial charge in [0.2, 0.25) is 0 Å². The highest BCUT2D eigenvalue weighted by molar-refractivity contribution is 6.31. The third kappa shape index (κ3) is 5.08. The summed E-state index contributed by atoms with van der Waals surface area (Å²) in [5, 5.41) is 11.1. The maximum absolute atomic E-state index is 10.4. The maximum atomic E-state index is 10.4. The summed E-state index contributed by atoms with van der Waals surface area (Å²) >= 11 is 6.61. The van der Waals surface area contributed by atoms with Crippen molar-refractivity contribution in [1.29, 1.82) is 5.26 Å². The lowest BCUT2D eigenvalue weighted by Gasteiger charge is -2.43. The van der Waals surface area contributed by atoms with Crippen molar-refractivity contribution in [2.75, 3.05) is 13.1 Å². The number of likely N-dealkylation sites (N-methyl/N-ethyl adjacent to an activating group) is 1. The summed E-state index contributed by atoms with van der Waals surface area (Å²) in [6.07, 6.45) is 7.61. The van der Waals surface area contributed by atoms with Crippen molar-refractivity contribution in [3.8, 4) is 6.07 Å². The minimum Gasteiger partial charge on any atom is -0.300 e. The van der Waals surface area contributed by atoms with E-state index < -0.39 is 5.41 Å². The lowest BCUT2D eigenvalue weighted by atomic mass is 9.60. The molecule has 30 heavy (non-hydrogen) atoms. The summed E-state index contributed by atoms with van der Waals surface area (Å²) in [6, 6.07) is 22.0. The van der Waals surface area contributed by atoms with Crippen LogP contribution in [0.25, 0.3) is 0 Å². The van der Waals surface area contributed by atoms with Gasteiger partial charge in [-0.25, -0.2) is 0 Å². The Morgan fingerprint density at radius 1 is 1.10 bits per heavy atom. The van der Waals surface area contributed by atoms with Crippen LogP contribution in [-0.2, 0) is 11.8 Å². The van der Waals surface area contributed by atoms with E-state index in [-0.39, 0.29) is 0 Å². The van der Waals surface area contributed by atoms with E-state index in [0.717, 1.165) is 62.2 Å². The Kier molecular flexibility index (Phi) is 8.37. The van der Waals surface area contributed by atoms with Gasteiger partial charge in [-0.15, -0.1) is 0 Å². The second kappa shape index (κ2) is 11.0. The van der Waals surface area contributed by atoms with Crippen LogP contribution in [0, 0.1) is 17.2 Å². The number of nitriles is 1. The normalized spacial score (nSPS) is 17.2. The molecule has 1 aliphatic rings. The fourth-order valence-electron chi connectivity index (χ4n) is 5.05. The van der Waals surface area contributed by atoms with E-state index >= 15 is 0 Å². The molecule has 3 rings (SSSR count). The van der Waals surface area contributed by atoms with Gasteiger partial charge in [-0.05, 0) is 68.2 Å². The second-order valence-electron chi connectivity index (χ2n) is 8.66. The molecule has 0 aliphatic heterocycles. The van der Waals surface area contributed by atoms with Gasteiger partial charge < -0.3 is 4.90 Å². The first kappa shape index (κ1) is 22.9. The highest BCUT2D eigenvalue weighted by Crippen LogP contribution is 2.49. The van der Waals surface area contributed by atoms with Gasteiger partial charge >= 0.3 is 0 Å². The number of rotatable bonds is 11. The molecule has 2 atom stereocenters. The molecular weight excluding hydrogens is 388 g/mol. The monoisotopic (exact) mass is 422 g/mol. The summed E-state index contributed by atoms with van der Waals surface area (Å²) in [7, 11) is 0. The first-order chi connectivity index (χ1) is 14.6. The molecular formula is C27H35ClN2. The molecule has 1 saturated carbocycles. The minimum absolute atomic E-state index is 0.430. The minimum atomic E-state index is -0.456. The third-order valence-electron chi connectivity index (χ3n) is 7.15. The smallest absolute Gasteiger partial charge is 0.0865 e. The Balaban J connectivity index is 1.74. The van der Waals surface area contributed by atoms with E-state index in [2.05, 4.69) is 61.2 Å². The first-order valence-electron chi connectivity index (χ1n) is 11.6. The van der Waals surface area contributed by atoms with E-state index in [1.807, 2.05) is 18.2 Å². The van der Waals surface area contributed by atoms with Gasteiger partial charge in [0.25, 0.3) is 0 Å². The molecule has 0 N–H and O–H groups in total. The van der Waals surface area contributed by atoms with E-state index in [4.69, 9.17) is 11.6 Å². The maximum Gasteiger partial charge on any atom is 0.0865 e. The zero-order valence-corrected chi connectivity index (χ0v) is 19.2. The van der Waals surface area contributed by atoms with Gasteiger partial charge in [-0.2, -0.15) is 5.26 Å². The summed E-state index contributed by atoms with van der Waals surface area (Å²) in [4.78, 5) is 2.60. The lowest BCUT2D eigenvalue weighted by molar-refractivity contribution is 0.152. The first-order valence-corrected chi connectivity index (χ1v) is 12.0. The fourth-order valence-corrected chi connectivity index (χ4v) is 5.35. The van der Waals surface area contributed by atoms with Crippen LogP contribution < -0.4 is 0 Å². The summed E-state index contributed by atoms with van der Waals surface area (Å²) in [5.41, 5.74) is 1.98. The van der Waals surface area contributed by atoms with Crippen LogP contribution in [0.2, 0.25) is 5.02 Å². The molecule has 0 aromatic heterocycles. The number of nitrogens with zero attached hydrogens (tertiary/aromatic N) is 2. The van der Waals surface area contributed by atoms with Crippen molar-refractivity contribution in [2.45, 2.75) is 70.3 Å². The predicted molar refractivity (Wildman–Crippen MR) is 127 cm³/mol. The fraction of sp³-hybridized carbons (Fsp3) is 0.519. The van der Waals surface area contributed by atoms with Crippen LogP contribution >= 0.6 is 11.6 Å². The van der Waals surface area contributed by atoms with Crippen molar-refractivity contribution in [2.24, 2.45) is 5.92 Å². The number of benzene rings is 2. The number of halogens is 1. The van der Waals surface area contributed by atoms with Gasteiger partial charge in [0, 0.05) is 17.6 Å². The average molecular weight is 423 g/mol. The van der Waals surface area contributed by atoms with Crippen molar-refractivity contribution >= 4 is 11.6 Å². The molecule has 0 radical (unpaired) electrons. The van der Waals surface area contributed by atoms with Gasteiger partial charge in [-0.3, -0.25) is 0 Å². The van der Waals surface area contributed by atoms with E-state index in [0.29, 0.717) is 12.0 Å². The zero-order chi connectivity index (χ0) is 21.4. The molecule has 1 fully saturated rings. The molecule has 0 bridgehead atoms. The van der Waals surface area contributed by atoms with Crippen molar-refractivity contribution < 1.29 is 0 Å². The summed E-state index contributed by atoms with van der Waals surface area (Å²) in [6.45, 7) is 6.64. The molecule has 3 heteroatoms. The highest BCUT2D eigenvalue weighted by atomic mass is 35.5. The SMILES string of the molecule is CCC(CCC(C#N)(c1ccccc1Cl)C1CCC1)N(CC)CCc1ccccc1. The van der Waals surface area contributed by atoms with E-state index in [1.54, 1.807) is 0 Å². The van der Waals surface area contributed by atoms with Gasteiger partial charge in [-0.1, -0.05) is 80.4 Å². The summed E-state index contributed by atoms with van der Waals surface area (Å²) < 4.78 is 0. The Morgan fingerprint density at radius 3 is 2.37 bits per heavy atom. The van der Waals surface area contributed by atoms with Crippen molar-refractivity contribution in [1.82, 2.24) is 4.90 Å². The van der Waals surface area contributed by atoms with Crippen LogP contribution in [-0.4, -0.2) is 24.0 Å². The van der Waals surface area contributed by atoms with Gasteiger partial charge in [0.15, 0.2) is 0 Å². The molecule has 0 spiro atoms. The molecule has 1 aliphatic carbocycles. The van der Waals surface area contributed by atoms with Crippen LogP contribution in [0.15, 0.2) is 54.6 Å². The number of hydrogen-bond donors (Lipinski definition) is 0. The molecule has 2 nitrogen and oxygen atoms in total. The molecule has 2 unspecified atom stereocenters. The largest absolute Gasteiger partial charge is 0.300 e. The second-order valence-corrected chi connectivity index (χ2v) is 9.06. The van der Waals surface area contributed by atoms with Crippen LogP contribution in [0.4, 0.5) is 0 Å². The Morgan fingerprint density at radius 2 is 1.80 bits per heavy atom. The Bertz CT molecular complexity index is 824. The van der Waals surface area contributed by atoms with Crippen molar-refractivity contribution in [3.05, 3.63) is 70.7 Å². The summed E-state index contributed by atoms with van der Waals surface area (Å²) in [5.74, 6) is 0.430. The van der Waals surface area contributed by atoms with E-state index in [9.17, 15) is 5.26 Å². The topological polar surface area (TPSA) is 27.0 Å². The van der Waals surface area contributed by atoms with Crippen LogP contribution in [0.1, 0.15) is 63.5 Å². The Hall–Kier alpha value is -1.82. The standard InChI is InChI=1S/C27H35ClN2/c1-3-24(30(4-2)20-18-22-11-6-5-7-12-22)17-19-27(21-29,23-13-10-14-23)25-15-8-9-16-26(25)28/h5-9,11-12,15-16,23-24H,3-4,10,13-14,17-20H2,1-2H3. The molecule has 2 aromatic carbocycles.